The van der Waals surface area contributed by atoms with Gasteiger partial charge in [-0.25, -0.2) is 0 Å². The lowest BCUT2D eigenvalue weighted by Gasteiger charge is -2.15. The number of aromatic nitrogens is 1. The molecule has 0 unspecified atom stereocenters. The van der Waals surface area contributed by atoms with Gasteiger partial charge in [0.25, 0.3) is 0 Å². The molecule has 1 aromatic heterocycles. The molecule has 0 bridgehead atoms. The Morgan fingerprint density at radius 1 is 0.692 bits per heavy atom. The van der Waals surface area contributed by atoms with Gasteiger partial charge >= 0.3 is 0 Å². The van der Waals surface area contributed by atoms with Gasteiger partial charge in [0, 0.05) is 17.1 Å². The molecule has 4 rings (SSSR count). The van der Waals surface area contributed by atoms with E-state index in [1.165, 1.54) is 33.0 Å². The highest BCUT2D eigenvalue weighted by molar-refractivity contribution is 7.98. The van der Waals surface area contributed by atoms with Gasteiger partial charge in [-0.2, -0.15) is 0 Å². The van der Waals surface area contributed by atoms with Crippen LogP contribution in [0.5, 0.6) is 0 Å². The van der Waals surface area contributed by atoms with E-state index in [2.05, 4.69) is 108 Å². The first kappa shape index (κ1) is 16.7. The molecule has 1 nitrogen and oxygen atoms in total. The van der Waals surface area contributed by atoms with E-state index in [0.717, 1.165) is 6.54 Å². The van der Waals surface area contributed by atoms with Crippen LogP contribution in [0.4, 0.5) is 0 Å². The molecule has 0 N–H and O–H groups in total. The van der Waals surface area contributed by atoms with Gasteiger partial charge < -0.3 is 4.57 Å². The first-order valence-electron chi connectivity index (χ1n) is 8.79. The van der Waals surface area contributed by atoms with Crippen LogP contribution >= 0.6 is 11.8 Å². The molecule has 128 valence electrons. The van der Waals surface area contributed by atoms with E-state index in [1.54, 1.807) is 0 Å². The van der Waals surface area contributed by atoms with Crippen molar-refractivity contribution in [3.8, 4) is 22.5 Å². The van der Waals surface area contributed by atoms with Crippen LogP contribution in [0, 0.1) is 0 Å². The summed E-state index contributed by atoms with van der Waals surface area (Å²) in [6.07, 6.45) is 2.16. The summed E-state index contributed by atoms with van der Waals surface area (Å²) >= 11 is 1.81. The van der Waals surface area contributed by atoms with E-state index in [0.29, 0.717) is 0 Å². The summed E-state index contributed by atoms with van der Waals surface area (Å²) in [5, 5.41) is 0. The largest absolute Gasteiger partial charge is 0.335 e. The minimum absolute atomic E-state index is 0.857. The van der Waals surface area contributed by atoms with Crippen molar-refractivity contribution in [1.29, 1.82) is 0 Å². The third-order valence-corrected chi connectivity index (χ3v) is 5.33. The number of nitrogens with zero attached hydrogens (tertiary/aromatic N) is 1. The zero-order chi connectivity index (χ0) is 17.8. The van der Waals surface area contributed by atoms with Crippen LogP contribution < -0.4 is 0 Å². The summed E-state index contributed by atoms with van der Waals surface area (Å²) in [4.78, 5) is 1.31. The second-order valence-corrected chi connectivity index (χ2v) is 7.10. The lowest BCUT2D eigenvalue weighted by atomic mass is 10.1. The fourth-order valence-electron chi connectivity index (χ4n) is 3.35. The molecular weight excluding hydrogens is 334 g/mol. The summed E-state index contributed by atoms with van der Waals surface area (Å²) in [5.41, 5.74) is 6.37. The number of thioether (sulfide) groups is 1. The van der Waals surface area contributed by atoms with Gasteiger partial charge in [0.15, 0.2) is 0 Å². The predicted molar refractivity (Wildman–Crippen MR) is 113 cm³/mol. The molecule has 2 heteroatoms. The highest BCUT2D eigenvalue weighted by Gasteiger charge is 2.17. The van der Waals surface area contributed by atoms with Crippen LogP contribution in [-0.4, -0.2) is 10.8 Å². The summed E-state index contributed by atoms with van der Waals surface area (Å²) in [6, 6.07) is 34.4. The SMILES string of the molecule is CSc1cc(-c2ccccc2)n(Cc2ccccc2)c1-c1ccccc1. The minimum atomic E-state index is 0.857. The van der Waals surface area contributed by atoms with Crippen molar-refractivity contribution in [2.75, 3.05) is 6.26 Å². The van der Waals surface area contributed by atoms with Crippen molar-refractivity contribution < 1.29 is 0 Å². The van der Waals surface area contributed by atoms with Crippen LogP contribution in [0.25, 0.3) is 22.5 Å². The molecule has 0 spiro atoms. The third-order valence-electron chi connectivity index (χ3n) is 4.58. The Kier molecular flexibility index (Phi) is 4.94. The van der Waals surface area contributed by atoms with Crippen molar-refractivity contribution in [3.05, 3.63) is 103 Å². The van der Waals surface area contributed by atoms with E-state index < -0.39 is 0 Å². The van der Waals surface area contributed by atoms with Gasteiger partial charge in [-0.05, 0) is 29.0 Å². The monoisotopic (exact) mass is 355 g/mol. The lowest BCUT2D eigenvalue weighted by Crippen LogP contribution is -2.04. The molecule has 0 aliphatic rings. The lowest BCUT2D eigenvalue weighted by molar-refractivity contribution is 0.818. The first-order valence-corrected chi connectivity index (χ1v) is 10.0. The number of rotatable bonds is 5. The standard InChI is InChI=1S/C24H21NS/c1-26-23-17-22(20-13-7-3-8-14-20)25(18-19-11-5-2-6-12-19)24(23)21-15-9-4-10-16-21/h2-17H,18H2,1H3. The van der Waals surface area contributed by atoms with Crippen molar-refractivity contribution in [2.45, 2.75) is 11.4 Å². The van der Waals surface area contributed by atoms with Crippen LogP contribution in [-0.2, 0) is 6.54 Å². The quantitative estimate of drug-likeness (QED) is 0.365. The van der Waals surface area contributed by atoms with E-state index in [9.17, 15) is 0 Å². The molecule has 0 aliphatic carbocycles. The van der Waals surface area contributed by atoms with Crippen LogP contribution in [0.1, 0.15) is 5.56 Å². The van der Waals surface area contributed by atoms with Crippen LogP contribution in [0.2, 0.25) is 0 Å². The average molecular weight is 356 g/mol. The molecular formula is C24H21NS. The summed E-state index contributed by atoms with van der Waals surface area (Å²) in [7, 11) is 0. The number of benzene rings is 3. The molecule has 0 aliphatic heterocycles. The molecule has 0 atom stereocenters. The first-order chi connectivity index (χ1) is 12.9. The molecule has 1 heterocycles. The van der Waals surface area contributed by atoms with Gasteiger partial charge in [-0.15, -0.1) is 11.8 Å². The normalized spacial score (nSPS) is 10.8. The maximum Gasteiger partial charge on any atom is 0.0626 e. The van der Waals surface area contributed by atoms with Gasteiger partial charge in [-0.3, -0.25) is 0 Å². The Balaban J connectivity index is 1.93. The van der Waals surface area contributed by atoms with Crippen molar-refractivity contribution in [1.82, 2.24) is 4.57 Å². The zero-order valence-electron chi connectivity index (χ0n) is 14.8. The van der Waals surface area contributed by atoms with Crippen molar-refractivity contribution >= 4 is 11.8 Å². The highest BCUT2D eigenvalue weighted by atomic mass is 32.2. The molecule has 0 saturated heterocycles. The summed E-state index contributed by atoms with van der Waals surface area (Å²) in [6.45, 7) is 0.857. The van der Waals surface area contributed by atoms with E-state index in [4.69, 9.17) is 0 Å². The van der Waals surface area contributed by atoms with Crippen LogP contribution in [0.3, 0.4) is 0 Å². The fourth-order valence-corrected chi connectivity index (χ4v) is 4.00. The van der Waals surface area contributed by atoms with Gasteiger partial charge in [0.2, 0.25) is 0 Å². The smallest absolute Gasteiger partial charge is 0.0626 e. The molecule has 3 aromatic carbocycles. The van der Waals surface area contributed by atoms with Gasteiger partial charge in [0.05, 0.1) is 5.69 Å². The minimum Gasteiger partial charge on any atom is -0.335 e. The predicted octanol–water partition coefficient (Wildman–Crippen LogP) is 6.59. The summed E-state index contributed by atoms with van der Waals surface area (Å²) in [5.74, 6) is 0. The zero-order valence-corrected chi connectivity index (χ0v) is 15.6. The van der Waals surface area contributed by atoms with Gasteiger partial charge in [-0.1, -0.05) is 91.0 Å². The third kappa shape index (κ3) is 3.33. The van der Waals surface area contributed by atoms with E-state index in [1.807, 2.05) is 11.8 Å². The molecule has 0 saturated carbocycles. The number of hydrogen-bond donors (Lipinski definition) is 0. The Labute approximate surface area is 159 Å². The van der Waals surface area contributed by atoms with Gasteiger partial charge in [0.1, 0.15) is 0 Å². The summed E-state index contributed by atoms with van der Waals surface area (Å²) < 4.78 is 2.45. The second kappa shape index (κ2) is 7.67. The van der Waals surface area contributed by atoms with E-state index >= 15 is 0 Å². The molecule has 0 fully saturated rings. The Morgan fingerprint density at radius 2 is 1.23 bits per heavy atom. The Bertz CT molecular complexity index is 973. The maximum atomic E-state index is 2.45. The molecule has 0 amide bonds. The average Bonchev–Trinajstić information content (AvgIpc) is 3.08. The molecule has 26 heavy (non-hydrogen) atoms. The maximum absolute atomic E-state index is 2.45. The Morgan fingerprint density at radius 3 is 1.81 bits per heavy atom. The number of hydrogen-bond acceptors (Lipinski definition) is 1. The fraction of sp³-hybridized carbons (Fsp3) is 0.0833. The van der Waals surface area contributed by atoms with Crippen LogP contribution in [0.15, 0.2) is 102 Å². The second-order valence-electron chi connectivity index (χ2n) is 6.25. The topological polar surface area (TPSA) is 4.93 Å². The molecule has 4 aromatic rings. The Hall–Kier alpha value is -2.71. The van der Waals surface area contributed by atoms with Crippen molar-refractivity contribution in [2.24, 2.45) is 0 Å². The van der Waals surface area contributed by atoms with Crippen molar-refractivity contribution in [3.63, 3.8) is 0 Å². The molecule has 0 radical (unpaired) electrons. The van der Waals surface area contributed by atoms with E-state index in [-0.39, 0.29) is 0 Å². The highest BCUT2D eigenvalue weighted by Crippen LogP contribution is 2.38.